The highest BCUT2D eigenvalue weighted by Crippen LogP contribution is 2.32. The van der Waals surface area contributed by atoms with Crippen LogP contribution < -0.4 is 16.0 Å². The Morgan fingerprint density at radius 3 is 2.49 bits per heavy atom. The first-order valence-corrected chi connectivity index (χ1v) is 15.8. The number of esters is 1. The van der Waals surface area contributed by atoms with Gasteiger partial charge in [-0.1, -0.05) is 32.1 Å². The molecular formula is C28H44N6O5S2. The first-order chi connectivity index (χ1) is 19.3. The number of nitrogens with one attached hydrogen (secondary N) is 3. The molecule has 0 aliphatic carbocycles. The number of anilines is 1. The molecule has 0 saturated carbocycles. The first kappa shape index (κ1) is 33.0. The molecule has 2 aromatic rings. The van der Waals surface area contributed by atoms with Crippen LogP contribution in [0.2, 0.25) is 0 Å². The van der Waals surface area contributed by atoms with Crippen LogP contribution in [0.25, 0.3) is 0 Å². The Bertz CT molecular complexity index is 1150. The van der Waals surface area contributed by atoms with Gasteiger partial charge in [-0.3, -0.25) is 19.3 Å². The molecule has 2 amide bonds. The van der Waals surface area contributed by atoms with Crippen LogP contribution in [0.3, 0.4) is 0 Å². The highest BCUT2D eigenvalue weighted by molar-refractivity contribution is 8.00. The number of piperidine rings is 1. The molecule has 0 aromatic carbocycles. The zero-order valence-corrected chi connectivity index (χ0v) is 26.6. The van der Waals surface area contributed by atoms with Crippen molar-refractivity contribution in [2.45, 2.75) is 81.8 Å². The summed E-state index contributed by atoms with van der Waals surface area (Å²) in [4.78, 5) is 47.6. The maximum atomic E-state index is 12.8. The normalized spacial score (nSPS) is 15.1. The minimum absolute atomic E-state index is 0.0265. The predicted octanol–water partition coefficient (Wildman–Crippen LogP) is 3.81. The van der Waals surface area contributed by atoms with Crippen molar-refractivity contribution in [3.05, 3.63) is 24.0 Å². The third kappa shape index (κ3) is 12.1. The zero-order valence-electron chi connectivity index (χ0n) is 25.0. The van der Waals surface area contributed by atoms with Crippen LogP contribution in [0.1, 0.15) is 72.5 Å². The number of nitrogens with zero attached hydrogens (tertiary/aromatic N) is 3. The highest BCUT2D eigenvalue weighted by Gasteiger charge is 2.26. The van der Waals surface area contributed by atoms with E-state index in [1.165, 1.54) is 11.3 Å². The third-order valence-corrected chi connectivity index (χ3v) is 8.30. The molecule has 0 radical (unpaired) electrons. The van der Waals surface area contributed by atoms with Gasteiger partial charge in [0.1, 0.15) is 11.4 Å². The van der Waals surface area contributed by atoms with Crippen LogP contribution in [0.15, 0.2) is 21.0 Å². The van der Waals surface area contributed by atoms with Crippen molar-refractivity contribution < 1.29 is 23.5 Å². The lowest BCUT2D eigenvalue weighted by molar-refractivity contribution is -0.153. The second-order valence-electron chi connectivity index (χ2n) is 12.1. The van der Waals surface area contributed by atoms with Crippen molar-refractivity contribution >= 4 is 46.0 Å². The van der Waals surface area contributed by atoms with E-state index in [0.29, 0.717) is 68.8 Å². The molecule has 3 rings (SSSR count). The summed E-state index contributed by atoms with van der Waals surface area (Å²) < 4.78 is 12.1. The number of likely N-dealkylation sites (tertiary alicyclic amines) is 1. The first-order valence-electron chi connectivity index (χ1n) is 14.0. The summed E-state index contributed by atoms with van der Waals surface area (Å²) in [5.41, 5.74) is -0.572. The maximum absolute atomic E-state index is 12.8. The molecule has 1 aliphatic heterocycles. The van der Waals surface area contributed by atoms with Gasteiger partial charge in [0.15, 0.2) is 5.13 Å². The van der Waals surface area contributed by atoms with E-state index in [4.69, 9.17) is 9.15 Å². The monoisotopic (exact) mass is 608 g/mol. The number of thiazole rings is 1. The molecule has 3 heterocycles. The Morgan fingerprint density at radius 2 is 1.83 bits per heavy atom. The molecular weight excluding hydrogens is 564 g/mol. The third-order valence-electron chi connectivity index (χ3n) is 6.21. The fourth-order valence-corrected chi connectivity index (χ4v) is 5.80. The van der Waals surface area contributed by atoms with Gasteiger partial charge in [-0.05, 0) is 59.7 Å². The Kier molecular flexibility index (Phi) is 12.2. The molecule has 1 fully saturated rings. The largest absolute Gasteiger partial charge is 0.459 e. The van der Waals surface area contributed by atoms with E-state index in [-0.39, 0.29) is 35.7 Å². The van der Waals surface area contributed by atoms with E-state index < -0.39 is 5.60 Å². The number of ether oxygens (including phenoxy) is 1. The number of carbonyl (C=O) groups is 3. The minimum atomic E-state index is -0.494. The maximum Gasteiger partial charge on any atom is 0.320 e. The van der Waals surface area contributed by atoms with E-state index >= 15 is 0 Å². The molecule has 2 aromatic heterocycles. The number of hydrogen-bond donors (Lipinski definition) is 3. The second kappa shape index (κ2) is 15.1. The molecule has 0 spiro atoms. The summed E-state index contributed by atoms with van der Waals surface area (Å²) >= 11 is 3.02. The zero-order chi connectivity index (χ0) is 30.0. The topological polar surface area (TPSA) is 139 Å². The lowest BCUT2D eigenvalue weighted by Gasteiger charge is -2.30. The SMILES string of the molecule is CC(C)(C)OC(=O)CNCCCNC(=O)CN1CCC(C(=O)Nc2ncc(SCc3ncc(C(C)(C)C)o3)s2)CC1. The van der Waals surface area contributed by atoms with Gasteiger partial charge in [0.2, 0.25) is 17.7 Å². The van der Waals surface area contributed by atoms with Crippen LogP contribution in [0, 0.1) is 5.92 Å². The van der Waals surface area contributed by atoms with E-state index in [0.717, 1.165) is 9.97 Å². The van der Waals surface area contributed by atoms with Crippen molar-refractivity contribution in [2.75, 3.05) is 44.6 Å². The van der Waals surface area contributed by atoms with E-state index in [2.05, 4.69) is 51.6 Å². The molecule has 0 atom stereocenters. The predicted molar refractivity (Wildman–Crippen MR) is 161 cm³/mol. The fraction of sp³-hybridized carbons (Fsp3) is 0.679. The van der Waals surface area contributed by atoms with Gasteiger partial charge in [-0.2, -0.15) is 0 Å². The fourth-order valence-electron chi connectivity index (χ4n) is 4.07. The molecule has 41 heavy (non-hydrogen) atoms. The second-order valence-corrected chi connectivity index (χ2v) is 14.5. The van der Waals surface area contributed by atoms with Gasteiger partial charge in [0.05, 0.1) is 35.4 Å². The molecule has 0 bridgehead atoms. The van der Waals surface area contributed by atoms with Gasteiger partial charge >= 0.3 is 5.97 Å². The quantitative estimate of drug-likeness (QED) is 0.175. The Labute approximate surface area is 251 Å². The Hall–Kier alpha value is -2.48. The standard InChI is InChI=1S/C28H44N6O5S2/c1-27(2,3)20-14-31-22(38-20)18-40-24-16-32-26(41-24)33-25(37)19-8-12-34(13-9-19)17-21(35)30-11-7-10-29-15-23(36)39-28(4,5)6/h14,16,19,29H,7-13,15,17-18H2,1-6H3,(H,30,35)(H,32,33,37). The molecule has 228 valence electrons. The van der Waals surface area contributed by atoms with Gasteiger partial charge in [-0.15, -0.1) is 11.8 Å². The van der Waals surface area contributed by atoms with E-state index in [9.17, 15) is 14.4 Å². The van der Waals surface area contributed by atoms with Crippen molar-refractivity contribution in [3.63, 3.8) is 0 Å². The number of thioether (sulfide) groups is 1. The van der Waals surface area contributed by atoms with E-state index in [1.54, 1.807) is 24.2 Å². The summed E-state index contributed by atoms with van der Waals surface area (Å²) in [7, 11) is 0. The number of oxazole rings is 1. The molecule has 1 saturated heterocycles. The van der Waals surface area contributed by atoms with Gasteiger partial charge in [-0.25, -0.2) is 9.97 Å². The summed E-state index contributed by atoms with van der Waals surface area (Å²) in [6, 6.07) is 0. The average Bonchev–Trinajstić information content (AvgIpc) is 3.54. The van der Waals surface area contributed by atoms with Crippen molar-refractivity contribution in [2.24, 2.45) is 5.92 Å². The summed E-state index contributed by atoms with van der Waals surface area (Å²) in [6.07, 6.45) is 5.65. The van der Waals surface area contributed by atoms with E-state index in [1.807, 2.05) is 20.8 Å². The molecule has 0 unspecified atom stereocenters. The number of aromatic nitrogens is 2. The van der Waals surface area contributed by atoms with Crippen LogP contribution in [-0.2, 0) is 30.3 Å². The molecule has 13 heteroatoms. The number of rotatable bonds is 13. The molecule has 1 aliphatic rings. The van der Waals surface area contributed by atoms with Gasteiger partial charge < -0.3 is 25.1 Å². The van der Waals surface area contributed by atoms with Crippen LogP contribution in [-0.4, -0.2) is 77.5 Å². The number of carbonyl (C=O) groups excluding carboxylic acids is 3. The molecule has 11 nitrogen and oxygen atoms in total. The summed E-state index contributed by atoms with van der Waals surface area (Å²) in [5.74, 6) is 1.68. The number of amides is 2. The summed E-state index contributed by atoms with van der Waals surface area (Å²) in [5, 5.41) is 9.49. The Balaban J connectivity index is 1.27. The van der Waals surface area contributed by atoms with Gasteiger partial charge in [0, 0.05) is 17.9 Å². The van der Waals surface area contributed by atoms with Crippen molar-refractivity contribution in [1.29, 1.82) is 0 Å². The molecule has 3 N–H and O–H groups in total. The summed E-state index contributed by atoms with van der Waals surface area (Å²) in [6.45, 7) is 14.7. The van der Waals surface area contributed by atoms with Crippen LogP contribution in [0.5, 0.6) is 0 Å². The average molecular weight is 609 g/mol. The van der Waals surface area contributed by atoms with Crippen molar-refractivity contribution in [1.82, 2.24) is 25.5 Å². The van der Waals surface area contributed by atoms with Gasteiger partial charge in [0.25, 0.3) is 0 Å². The van der Waals surface area contributed by atoms with Crippen molar-refractivity contribution in [3.8, 4) is 0 Å². The lowest BCUT2D eigenvalue weighted by atomic mass is 9.94. The van der Waals surface area contributed by atoms with Crippen LogP contribution >= 0.6 is 23.1 Å². The number of hydrogen-bond acceptors (Lipinski definition) is 11. The minimum Gasteiger partial charge on any atom is -0.459 e. The lowest BCUT2D eigenvalue weighted by Crippen LogP contribution is -2.43. The smallest absolute Gasteiger partial charge is 0.320 e. The Morgan fingerprint density at radius 1 is 1.10 bits per heavy atom. The van der Waals surface area contributed by atoms with Crippen LogP contribution in [0.4, 0.5) is 5.13 Å². The highest BCUT2D eigenvalue weighted by atomic mass is 32.2.